The van der Waals surface area contributed by atoms with E-state index in [9.17, 15) is 0 Å². The predicted octanol–water partition coefficient (Wildman–Crippen LogP) is 1.42. The minimum atomic E-state index is 0.894. The maximum absolute atomic E-state index is 4.23. The molecule has 0 aliphatic heterocycles. The molecule has 1 N–H and O–H groups in total. The van der Waals surface area contributed by atoms with Crippen molar-refractivity contribution < 1.29 is 0 Å². The van der Waals surface area contributed by atoms with Crippen molar-refractivity contribution in [1.29, 1.82) is 0 Å². The number of aryl methyl sites for hydroxylation is 1. The molecule has 2 nitrogen and oxygen atoms in total. The summed E-state index contributed by atoms with van der Waals surface area (Å²) in [7, 11) is 1.94. The molecule has 0 saturated carbocycles. The predicted molar refractivity (Wildman–Crippen MR) is 44.3 cm³/mol. The van der Waals surface area contributed by atoms with Crippen LogP contribution in [0.3, 0.4) is 0 Å². The first-order valence-corrected chi connectivity index (χ1v) is 4.26. The number of rotatable bonds is 3. The summed E-state index contributed by atoms with van der Waals surface area (Å²) in [6.45, 7) is 3.04. The van der Waals surface area contributed by atoms with Gasteiger partial charge in [0.1, 0.15) is 5.01 Å². The quantitative estimate of drug-likeness (QED) is 0.716. The summed E-state index contributed by atoms with van der Waals surface area (Å²) < 4.78 is 0. The average Bonchev–Trinajstić information content (AvgIpc) is 2.37. The van der Waals surface area contributed by atoms with Crippen LogP contribution < -0.4 is 5.32 Å². The lowest BCUT2D eigenvalue weighted by molar-refractivity contribution is 0.810. The number of hydrogen-bond donors (Lipinski definition) is 1. The van der Waals surface area contributed by atoms with Crippen molar-refractivity contribution in [3.05, 3.63) is 16.1 Å². The highest BCUT2D eigenvalue weighted by molar-refractivity contribution is 7.11. The minimum Gasteiger partial charge on any atom is -0.314 e. The zero-order valence-electron chi connectivity index (χ0n) is 6.35. The summed E-state index contributed by atoms with van der Waals surface area (Å²) >= 11 is 1.78. The van der Waals surface area contributed by atoms with Crippen LogP contribution in [0.15, 0.2) is 6.20 Å². The summed E-state index contributed by atoms with van der Waals surface area (Å²) in [6.07, 6.45) is 3.05. The molecule has 0 bridgehead atoms. The lowest BCUT2D eigenvalue weighted by Crippen LogP contribution is -2.03. The highest BCUT2D eigenvalue weighted by Crippen LogP contribution is 2.12. The van der Waals surface area contributed by atoms with Gasteiger partial charge in [-0.05, 0) is 13.5 Å². The molecular formula is C7H12N2S. The Hall–Kier alpha value is -0.410. The Balaban J connectivity index is 2.59. The molecule has 0 saturated heterocycles. The average molecular weight is 156 g/mol. The lowest BCUT2D eigenvalue weighted by Gasteiger charge is -1.89. The normalized spacial score (nSPS) is 10.2. The zero-order valence-corrected chi connectivity index (χ0v) is 7.16. The monoisotopic (exact) mass is 156 g/mol. The molecule has 0 atom stereocenters. The van der Waals surface area contributed by atoms with Crippen molar-refractivity contribution in [2.45, 2.75) is 19.9 Å². The van der Waals surface area contributed by atoms with Gasteiger partial charge < -0.3 is 5.32 Å². The molecule has 1 heterocycles. The molecule has 0 fully saturated rings. The Morgan fingerprint density at radius 1 is 1.70 bits per heavy atom. The Kier molecular flexibility index (Phi) is 2.83. The first-order valence-electron chi connectivity index (χ1n) is 3.45. The molecule has 10 heavy (non-hydrogen) atoms. The molecule has 3 heteroatoms. The van der Waals surface area contributed by atoms with Crippen molar-refractivity contribution >= 4 is 11.3 Å². The van der Waals surface area contributed by atoms with Gasteiger partial charge in [-0.25, -0.2) is 4.98 Å². The second-order valence-electron chi connectivity index (χ2n) is 2.10. The molecule has 0 unspecified atom stereocenters. The highest BCUT2D eigenvalue weighted by Gasteiger charge is 1.96. The molecule has 1 aromatic rings. The van der Waals surface area contributed by atoms with Gasteiger partial charge in [-0.1, -0.05) is 6.92 Å². The SMILES string of the molecule is CCc1cnc(CNC)s1. The Morgan fingerprint density at radius 3 is 3.00 bits per heavy atom. The third-order valence-corrected chi connectivity index (χ3v) is 2.42. The van der Waals surface area contributed by atoms with Crippen LogP contribution in [-0.4, -0.2) is 12.0 Å². The number of nitrogens with zero attached hydrogens (tertiary/aromatic N) is 1. The summed E-state index contributed by atoms with van der Waals surface area (Å²) in [5, 5.41) is 4.25. The molecule has 1 aromatic heterocycles. The molecule has 0 amide bonds. The van der Waals surface area contributed by atoms with E-state index in [0.29, 0.717) is 0 Å². The number of aromatic nitrogens is 1. The number of thiazole rings is 1. The van der Waals surface area contributed by atoms with Crippen molar-refractivity contribution in [3.8, 4) is 0 Å². The Labute approximate surface area is 65.3 Å². The fraction of sp³-hybridized carbons (Fsp3) is 0.571. The second-order valence-corrected chi connectivity index (χ2v) is 3.30. The van der Waals surface area contributed by atoms with Crippen LogP contribution in [0, 0.1) is 0 Å². The van der Waals surface area contributed by atoms with E-state index in [4.69, 9.17) is 0 Å². The Bertz CT molecular complexity index is 195. The molecular weight excluding hydrogens is 144 g/mol. The standard InChI is InChI=1S/C7H12N2S/c1-3-6-4-9-7(10-6)5-8-2/h4,8H,3,5H2,1-2H3. The topological polar surface area (TPSA) is 24.9 Å². The zero-order chi connectivity index (χ0) is 7.40. The third kappa shape index (κ3) is 1.78. The largest absolute Gasteiger partial charge is 0.314 e. The van der Waals surface area contributed by atoms with Crippen molar-refractivity contribution in [2.75, 3.05) is 7.05 Å². The van der Waals surface area contributed by atoms with Crippen LogP contribution in [0.1, 0.15) is 16.8 Å². The van der Waals surface area contributed by atoms with Crippen molar-refractivity contribution in [1.82, 2.24) is 10.3 Å². The van der Waals surface area contributed by atoms with Crippen LogP contribution >= 0.6 is 11.3 Å². The van der Waals surface area contributed by atoms with E-state index in [1.54, 1.807) is 11.3 Å². The van der Waals surface area contributed by atoms with Crippen LogP contribution in [0.2, 0.25) is 0 Å². The van der Waals surface area contributed by atoms with E-state index >= 15 is 0 Å². The fourth-order valence-electron chi connectivity index (χ4n) is 0.744. The van der Waals surface area contributed by atoms with Gasteiger partial charge in [0, 0.05) is 17.6 Å². The van der Waals surface area contributed by atoms with E-state index in [1.807, 2.05) is 13.2 Å². The maximum Gasteiger partial charge on any atom is 0.107 e. The first kappa shape index (κ1) is 7.69. The van der Waals surface area contributed by atoms with Crippen molar-refractivity contribution in [2.24, 2.45) is 0 Å². The van der Waals surface area contributed by atoms with Gasteiger partial charge in [0.25, 0.3) is 0 Å². The fourth-order valence-corrected chi connectivity index (χ4v) is 1.62. The minimum absolute atomic E-state index is 0.894. The summed E-state index contributed by atoms with van der Waals surface area (Å²) in [4.78, 5) is 5.60. The van der Waals surface area contributed by atoms with Gasteiger partial charge in [-0.2, -0.15) is 0 Å². The van der Waals surface area contributed by atoms with Gasteiger partial charge in [0.2, 0.25) is 0 Å². The van der Waals surface area contributed by atoms with Gasteiger partial charge in [-0.3, -0.25) is 0 Å². The van der Waals surface area contributed by atoms with Gasteiger partial charge in [0.05, 0.1) is 0 Å². The van der Waals surface area contributed by atoms with E-state index in [1.165, 1.54) is 9.88 Å². The number of nitrogens with one attached hydrogen (secondary N) is 1. The number of hydrogen-bond acceptors (Lipinski definition) is 3. The molecule has 0 aliphatic carbocycles. The smallest absolute Gasteiger partial charge is 0.107 e. The second kappa shape index (κ2) is 3.68. The van der Waals surface area contributed by atoms with Crippen LogP contribution in [-0.2, 0) is 13.0 Å². The van der Waals surface area contributed by atoms with Crippen molar-refractivity contribution in [3.63, 3.8) is 0 Å². The first-order chi connectivity index (χ1) is 4.86. The van der Waals surface area contributed by atoms with E-state index in [-0.39, 0.29) is 0 Å². The molecule has 0 spiro atoms. The van der Waals surface area contributed by atoms with Gasteiger partial charge in [0.15, 0.2) is 0 Å². The third-order valence-electron chi connectivity index (χ3n) is 1.28. The summed E-state index contributed by atoms with van der Waals surface area (Å²) in [5.41, 5.74) is 0. The Morgan fingerprint density at radius 2 is 2.50 bits per heavy atom. The maximum atomic E-state index is 4.23. The van der Waals surface area contributed by atoms with E-state index < -0.39 is 0 Å². The molecule has 0 radical (unpaired) electrons. The van der Waals surface area contributed by atoms with Crippen LogP contribution in [0.5, 0.6) is 0 Å². The summed E-state index contributed by atoms with van der Waals surface area (Å²) in [6, 6.07) is 0. The summed E-state index contributed by atoms with van der Waals surface area (Å²) in [5.74, 6) is 0. The molecule has 1 rings (SSSR count). The van der Waals surface area contributed by atoms with Gasteiger partial charge >= 0.3 is 0 Å². The lowest BCUT2D eigenvalue weighted by atomic mass is 10.4. The van der Waals surface area contributed by atoms with E-state index in [0.717, 1.165) is 13.0 Å². The van der Waals surface area contributed by atoms with Crippen LogP contribution in [0.25, 0.3) is 0 Å². The molecule has 56 valence electrons. The molecule has 0 aliphatic rings. The van der Waals surface area contributed by atoms with E-state index in [2.05, 4.69) is 17.2 Å². The highest BCUT2D eigenvalue weighted by atomic mass is 32.1. The van der Waals surface area contributed by atoms with Gasteiger partial charge in [-0.15, -0.1) is 11.3 Å². The molecule has 0 aromatic carbocycles. The van der Waals surface area contributed by atoms with Crippen LogP contribution in [0.4, 0.5) is 0 Å².